The van der Waals surface area contributed by atoms with E-state index in [4.69, 9.17) is 0 Å². The molecule has 1 unspecified atom stereocenters. The summed E-state index contributed by atoms with van der Waals surface area (Å²) < 4.78 is 13.8. The number of aliphatic hydroxyl groups excluding tert-OH is 1. The monoisotopic (exact) mass is 503 g/mol. The second-order valence-corrected chi connectivity index (χ2v) is 10.00. The second kappa shape index (κ2) is 12.5. The summed E-state index contributed by atoms with van der Waals surface area (Å²) in [5, 5.41) is 9.29. The topological polar surface area (TPSA) is 47.0 Å². The van der Waals surface area contributed by atoms with Gasteiger partial charge in [-0.15, -0.1) is 0 Å². The molecule has 3 atom stereocenters. The van der Waals surface area contributed by atoms with E-state index < -0.39 is 0 Å². The molecule has 1 saturated heterocycles. The molecule has 3 aromatic carbocycles. The van der Waals surface area contributed by atoms with Crippen molar-refractivity contribution in [1.82, 2.24) is 14.7 Å². The summed E-state index contributed by atoms with van der Waals surface area (Å²) in [7, 11) is 0. The molecule has 1 aliphatic heterocycles. The minimum absolute atomic E-state index is 0.0466. The first-order valence-electron chi connectivity index (χ1n) is 13.2. The van der Waals surface area contributed by atoms with Gasteiger partial charge in [0.15, 0.2) is 0 Å². The van der Waals surface area contributed by atoms with Crippen molar-refractivity contribution in [2.24, 2.45) is 0 Å². The fourth-order valence-corrected chi connectivity index (χ4v) is 5.40. The van der Waals surface area contributed by atoms with Crippen molar-refractivity contribution in [1.29, 1.82) is 0 Å². The smallest absolute Gasteiger partial charge is 0.253 e. The van der Waals surface area contributed by atoms with Gasteiger partial charge in [0.05, 0.1) is 12.6 Å². The number of nitrogens with zero attached hydrogens (tertiary/aromatic N) is 3. The Morgan fingerprint density at radius 1 is 0.973 bits per heavy atom. The van der Waals surface area contributed by atoms with E-state index in [2.05, 4.69) is 60.0 Å². The maximum atomic E-state index is 13.8. The van der Waals surface area contributed by atoms with E-state index in [1.54, 1.807) is 17.0 Å². The van der Waals surface area contributed by atoms with E-state index in [0.29, 0.717) is 24.7 Å². The molecule has 6 heteroatoms. The number of aliphatic hydroxyl groups is 1. The van der Waals surface area contributed by atoms with E-state index in [9.17, 15) is 14.3 Å². The Kier molecular flexibility index (Phi) is 9.09. The highest BCUT2D eigenvalue weighted by atomic mass is 19.1. The zero-order valence-electron chi connectivity index (χ0n) is 22.1. The summed E-state index contributed by atoms with van der Waals surface area (Å²) in [4.78, 5) is 19.5. The van der Waals surface area contributed by atoms with Crippen LogP contribution < -0.4 is 0 Å². The average molecular weight is 504 g/mol. The molecular formula is C31H38FN3O2. The Bertz CT molecular complexity index is 1150. The van der Waals surface area contributed by atoms with Crippen LogP contribution in [0.5, 0.6) is 0 Å². The quantitative estimate of drug-likeness (QED) is 0.448. The van der Waals surface area contributed by atoms with E-state index in [-0.39, 0.29) is 30.4 Å². The Labute approximate surface area is 220 Å². The SMILES string of the molecule is CCN(CCO)C(=O)c1ccc(C(c2ccccc2)N2C[C@H](C)N(Cc3cccc(F)c3)C[C@@H]2C)cc1. The van der Waals surface area contributed by atoms with Gasteiger partial charge in [-0.05, 0) is 61.7 Å². The number of likely N-dealkylation sites (N-methyl/N-ethyl adjacent to an activating group) is 1. The summed E-state index contributed by atoms with van der Waals surface area (Å²) in [6.07, 6.45) is 0. The van der Waals surface area contributed by atoms with Crippen molar-refractivity contribution in [3.8, 4) is 0 Å². The Morgan fingerprint density at radius 2 is 1.68 bits per heavy atom. The number of amides is 1. The molecule has 0 aromatic heterocycles. The molecule has 37 heavy (non-hydrogen) atoms. The molecule has 1 amide bonds. The van der Waals surface area contributed by atoms with E-state index in [0.717, 1.165) is 30.8 Å². The van der Waals surface area contributed by atoms with Crippen LogP contribution in [0.2, 0.25) is 0 Å². The van der Waals surface area contributed by atoms with Gasteiger partial charge in [0, 0.05) is 50.4 Å². The lowest BCUT2D eigenvalue weighted by atomic mass is 9.92. The van der Waals surface area contributed by atoms with Gasteiger partial charge in [-0.25, -0.2) is 4.39 Å². The molecule has 1 fully saturated rings. The van der Waals surface area contributed by atoms with Crippen LogP contribution in [0, 0.1) is 5.82 Å². The van der Waals surface area contributed by atoms with Gasteiger partial charge in [-0.3, -0.25) is 14.6 Å². The van der Waals surface area contributed by atoms with Crippen LogP contribution in [-0.4, -0.2) is 70.6 Å². The highest BCUT2D eigenvalue weighted by molar-refractivity contribution is 5.94. The predicted molar refractivity (Wildman–Crippen MR) is 146 cm³/mol. The van der Waals surface area contributed by atoms with Crippen LogP contribution in [0.4, 0.5) is 4.39 Å². The number of hydrogen-bond donors (Lipinski definition) is 1. The molecule has 0 aliphatic carbocycles. The van der Waals surface area contributed by atoms with Crippen molar-refractivity contribution in [2.45, 2.75) is 45.4 Å². The number of carbonyl (C=O) groups excluding carboxylic acids is 1. The van der Waals surface area contributed by atoms with Crippen LogP contribution in [0.1, 0.15) is 53.9 Å². The van der Waals surface area contributed by atoms with Gasteiger partial charge in [-0.2, -0.15) is 0 Å². The zero-order chi connectivity index (χ0) is 26.4. The third kappa shape index (κ3) is 6.45. The largest absolute Gasteiger partial charge is 0.395 e. The van der Waals surface area contributed by atoms with Crippen molar-refractivity contribution in [3.63, 3.8) is 0 Å². The molecule has 1 aliphatic rings. The molecule has 0 radical (unpaired) electrons. The minimum Gasteiger partial charge on any atom is -0.395 e. The van der Waals surface area contributed by atoms with Crippen LogP contribution in [0.3, 0.4) is 0 Å². The van der Waals surface area contributed by atoms with Gasteiger partial charge in [0.2, 0.25) is 0 Å². The Balaban J connectivity index is 1.57. The lowest BCUT2D eigenvalue weighted by Gasteiger charge is -2.47. The normalized spacial score (nSPS) is 19.5. The van der Waals surface area contributed by atoms with Crippen LogP contribution in [0.25, 0.3) is 0 Å². The number of rotatable bonds is 9. The maximum Gasteiger partial charge on any atom is 0.253 e. The standard InChI is InChI=1S/C31H38FN3O2/c1-4-33(17-18-36)31(37)28-15-13-27(14-16-28)30(26-10-6-5-7-11-26)35-21-23(2)34(20-24(35)3)22-25-9-8-12-29(32)19-25/h5-16,19,23-24,30,36H,4,17-18,20-22H2,1-3H3/t23-,24-,30?/m0/s1. The van der Waals surface area contributed by atoms with Gasteiger partial charge in [0.1, 0.15) is 5.82 Å². The summed E-state index contributed by atoms with van der Waals surface area (Å²) >= 11 is 0. The number of benzene rings is 3. The third-order valence-electron chi connectivity index (χ3n) is 7.40. The van der Waals surface area contributed by atoms with E-state index >= 15 is 0 Å². The Morgan fingerprint density at radius 3 is 2.32 bits per heavy atom. The molecule has 0 bridgehead atoms. The average Bonchev–Trinajstić information content (AvgIpc) is 2.91. The number of halogens is 1. The van der Waals surface area contributed by atoms with Crippen molar-refractivity contribution in [3.05, 3.63) is 107 Å². The molecule has 196 valence electrons. The molecule has 0 saturated carbocycles. The Hall–Kier alpha value is -3.06. The second-order valence-electron chi connectivity index (χ2n) is 10.00. The minimum atomic E-state index is -0.193. The summed E-state index contributed by atoms with van der Waals surface area (Å²) in [6, 6.07) is 26.0. The fraction of sp³-hybridized carbons (Fsp3) is 0.387. The van der Waals surface area contributed by atoms with E-state index in [1.165, 1.54) is 11.6 Å². The van der Waals surface area contributed by atoms with E-state index in [1.807, 2.05) is 31.2 Å². The van der Waals surface area contributed by atoms with Gasteiger partial charge in [-0.1, -0.05) is 54.6 Å². The molecule has 0 spiro atoms. The molecule has 1 heterocycles. The van der Waals surface area contributed by atoms with Crippen molar-refractivity contribution in [2.75, 3.05) is 32.8 Å². The zero-order valence-corrected chi connectivity index (χ0v) is 22.1. The molecule has 3 aromatic rings. The van der Waals surface area contributed by atoms with Crippen LogP contribution in [0.15, 0.2) is 78.9 Å². The highest BCUT2D eigenvalue weighted by Gasteiger charge is 2.34. The first-order chi connectivity index (χ1) is 17.9. The lowest BCUT2D eigenvalue weighted by Crippen LogP contribution is -2.56. The molecule has 4 rings (SSSR count). The van der Waals surface area contributed by atoms with Gasteiger partial charge >= 0.3 is 0 Å². The summed E-state index contributed by atoms with van der Waals surface area (Å²) in [5.41, 5.74) is 3.99. The maximum absolute atomic E-state index is 13.8. The van der Waals surface area contributed by atoms with Crippen LogP contribution >= 0.6 is 0 Å². The van der Waals surface area contributed by atoms with Crippen LogP contribution in [-0.2, 0) is 6.54 Å². The number of piperazine rings is 1. The number of carbonyl (C=O) groups is 1. The molecular weight excluding hydrogens is 465 g/mol. The summed E-state index contributed by atoms with van der Waals surface area (Å²) in [6.45, 7) is 9.74. The van der Waals surface area contributed by atoms with Gasteiger partial charge in [0.25, 0.3) is 5.91 Å². The van der Waals surface area contributed by atoms with Gasteiger partial charge < -0.3 is 10.0 Å². The van der Waals surface area contributed by atoms with Crippen molar-refractivity contribution < 1.29 is 14.3 Å². The third-order valence-corrected chi connectivity index (χ3v) is 7.40. The molecule has 1 N–H and O–H groups in total. The summed E-state index contributed by atoms with van der Waals surface area (Å²) in [5.74, 6) is -0.256. The molecule has 5 nitrogen and oxygen atoms in total. The predicted octanol–water partition coefficient (Wildman–Crippen LogP) is 4.96. The highest BCUT2D eigenvalue weighted by Crippen LogP contribution is 2.34. The lowest BCUT2D eigenvalue weighted by molar-refractivity contribution is 0.0195. The number of hydrogen-bond acceptors (Lipinski definition) is 4. The van der Waals surface area contributed by atoms with Crippen molar-refractivity contribution >= 4 is 5.91 Å². The first-order valence-corrected chi connectivity index (χ1v) is 13.2. The first kappa shape index (κ1) is 27.0. The fourth-order valence-electron chi connectivity index (χ4n) is 5.40.